The second-order valence-electron chi connectivity index (χ2n) is 16.5. The molecule has 0 radical (unpaired) electrons. The number of nitrogens with one attached hydrogen (secondary N) is 1. The normalized spacial score (nSPS) is 19.3. The minimum atomic E-state index is -1.11. The molecule has 5 atom stereocenters. The zero-order chi connectivity index (χ0) is 40.7. The van der Waals surface area contributed by atoms with Crippen molar-refractivity contribution < 1.29 is 47.8 Å². The lowest BCUT2D eigenvalue weighted by Crippen LogP contribution is -2.48. The molecule has 13 nitrogen and oxygen atoms in total. The van der Waals surface area contributed by atoms with Gasteiger partial charge < -0.3 is 30.2 Å². The number of ether oxygens (including phenoxy) is 3. The zero-order valence-electron chi connectivity index (χ0n) is 33.6. The van der Waals surface area contributed by atoms with Crippen LogP contribution >= 0.6 is 0 Å². The average Bonchev–Trinajstić information content (AvgIpc) is 3.57. The van der Waals surface area contributed by atoms with Crippen LogP contribution in [0, 0.1) is 23.7 Å². The van der Waals surface area contributed by atoms with Crippen molar-refractivity contribution in [1.29, 1.82) is 0 Å². The van der Waals surface area contributed by atoms with Gasteiger partial charge in [-0.2, -0.15) is 0 Å². The van der Waals surface area contributed by atoms with Crippen LogP contribution in [0.15, 0.2) is 30.3 Å². The number of hydrogen-bond acceptors (Lipinski definition) is 10. The minimum Gasteiger partial charge on any atom is -0.488 e. The molecule has 1 aliphatic heterocycles. The maximum atomic E-state index is 14.6. The SMILES string of the molecule is CCCC(CC(=O)[C@@H]1C[C@@H](Oc2ccccc2)CN1C(=O)C(CC(=O)OCC(C)C)C1CCCCC1)C(=O)C(=O)CCC(=O)NC(COC(C)(C)C)C(N)=O. The molecular weight excluding hydrogens is 706 g/mol. The third kappa shape index (κ3) is 15.1. The monoisotopic (exact) mass is 769 g/mol. The summed E-state index contributed by atoms with van der Waals surface area (Å²) in [5.74, 6) is -5.02. The number of benzene rings is 1. The molecular formula is C42H63N3O10. The number of carbonyl (C=O) groups excluding carboxylic acids is 7. The Kier molecular flexibility index (Phi) is 18.0. The van der Waals surface area contributed by atoms with Crippen LogP contribution in [0.2, 0.25) is 0 Å². The summed E-state index contributed by atoms with van der Waals surface area (Å²) in [6.07, 6.45) is 3.88. The molecule has 3 rings (SSSR count). The summed E-state index contributed by atoms with van der Waals surface area (Å²) in [7, 11) is 0. The number of nitrogens with zero attached hydrogens (tertiary/aromatic N) is 1. The average molecular weight is 770 g/mol. The first-order chi connectivity index (χ1) is 26.0. The standard InChI is InChI=1S/C42H63N3O10/c1-7-14-29(39(50)35(46)19-20-37(48)44-33(40(43)51)26-54-42(4,5)6)21-36(47)34-22-31(55-30-17-12-9-13-18-30)24-45(34)41(52)32(28-15-10-8-11-16-28)23-38(49)53-25-27(2)3/h9,12-13,17-18,27-29,31-34H,7-8,10-11,14-16,19-26H2,1-6H3,(H2,43,51)(H,44,48)/t29?,31-,32?,33?,34+/m1/s1. The van der Waals surface area contributed by atoms with Crippen molar-refractivity contribution in [3.8, 4) is 5.75 Å². The van der Waals surface area contributed by atoms with Gasteiger partial charge in [-0.3, -0.25) is 33.6 Å². The van der Waals surface area contributed by atoms with E-state index in [1.54, 1.807) is 32.9 Å². The Labute approximate surface area is 326 Å². The number of esters is 1. The van der Waals surface area contributed by atoms with E-state index in [0.717, 1.165) is 32.1 Å². The molecule has 0 bridgehead atoms. The number of Topliss-reactive ketones (excluding diaryl/α,β-unsaturated/α-hetero) is 3. The number of carbonyl (C=O) groups is 7. The van der Waals surface area contributed by atoms with Gasteiger partial charge in [0.1, 0.15) is 17.9 Å². The summed E-state index contributed by atoms with van der Waals surface area (Å²) in [5, 5.41) is 2.47. The van der Waals surface area contributed by atoms with E-state index in [1.165, 1.54) is 4.90 Å². The Hall–Kier alpha value is -4.13. The lowest BCUT2D eigenvalue weighted by molar-refractivity contribution is -0.152. The van der Waals surface area contributed by atoms with Gasteiger partial charge in [0.2, 0.25) is 23.5 Å². The second kappa shape index (κ2) is 21.8. The molecule has 1 aliphatic carbocycles. The van der Waals surface area contributed by atoms with E-state index in [-0.39, 0.29) is 75.4 Å². The van der Waals surface area contributed by atoms with Crippen LogP contribution in [0.25, 0.3) is 0 Å². The number of para-hydroxylation sites is 1. The number of primary amides is 1. The fraction of sp³-hybridized carbons (Fsp3) is 0.690. The van der Waals surface area contributed by atoms with E-state index in [9.17, 15) is 33.6 Å². The molecule has 0 aromatic heterocycles. The summed E-state index contributed by atoms with van der Waals surface area (Å²) >= 11 is 0. The molecule has 2 fully saturated rings. The van der Waals surface area contributed by atoms with Gasteiger partial charge in [0.25, 0.3) is 0 Å². The van der Waals surface area contributed by atoms with E-state index in [1.807, 2.05) is 39.0 Å². The van der Waals surface area contributed by atoms with Crippen molar-refractivity contribution in [3.63, 3.8) is 0 Å². The maximum absolute atomic E-state index is 14.6. The highest BCUT2D eigenvalue weighted by atomic mass is 16.5. The highest BCUT2D eigenvalue weighted by Gasteiger charge is 2.45. The fourth-order valence-corrected chi connectivity index (χ4v) is 7.25. The summed E-state index contributed by atoms with van der Waals surface area (Å²) in [6, 6.07) is 7.08. The number of likely N-dealkylation sites (tertiary alicyclic amines) is 1. The van der Waals surface area contributed by atoms with Crippen LogP contribution in [-0.4, -0.2) is 89.5 Å². The van der Waals surface area contributed by atoms with Crippen LogP contribution in [-0.2, 0) is 43.0 Å². The summed E-state index contributed by atoms with van der Waals surface area (Å²) < 4.78 is 17.3. The van der Waals surface area contributed by atoms with E-state index >= 15 is 0 Å². The predicted octanol–water partition coefficient (Wildman–Crippen LogP) is 4.90. The van der Waals surface area contributed by atoms with E-state index in [4.69, 9.17) is 19.9 Å². The molecule has 306 valence electrons. The predicted molar refractivity (Wildman–Crippen MR) is 206 cm³/mol. The summed E-state index contributed by atoms with van der Waals surface area (Å²) in [5.41, 5.74) is 4.84. The van der Waals surface area contributed by atoms with Crippen molar-refractivity contribution in [1.82, 2.24) is 10.2 Å². The molecule has 1 heterocycles. The van der Waals surface area contributed by atoms with E-state index in [2.05, 4.69) is 5.32 Å². The number of ketones is 3. The number of hydrogen-bond donors (Lipinski definition) is 2. The first-order valence-corrected chi connectivity index (χ1v) is 20.0. The van der Waals surface area contributed by atoms with Crippen molar-refractivity contribution in [2.45, 2.75) is 142 Å². The molecule has 1 saturated heterocycles. The highest BCUT2D eigenvalue weighted by Crippen LogP contribution is 2.36. The molecule has 13 heteroatoms. The maximum Gasteiger partial charge on any atom is 0.306 e. The van der Waals surface area contributed by atoms with Crippen molar-refractivity contribution >= 4 is 41.0 Å². The van der Waals surface area contributed by atoms with Crippen molar-refractivity contribution in [2.24, 2.45) is 29.4 Å². The largest absolute Gasteiger partial charge is 0.488 e. The van der Waals surface area contributed by atoms with Gasteiger partial charge in [0.05, 0.1) is 43.7 Å². The fourth-order valence-electron chi connectivity index (χ4n) is 7.25. The minimum absolute atomic E-state index is 0.0359. The van der Waals surface area contributed by atoms with Gasteiger partial charge in [-0.05, 0) is 64.0 Å². The quantitative estimate of drug-likeness (QED) is 0.121. The number of amides is 3. The molecule has 1 aromatic rings. The molecule has 2 aliphatic rings. The lowest BCUT2D eigenvalue weighted by Gasteiger charge is -2.34. The molecule has 3 amide bonds. The molecule has 1 aromatic carbocycles. The Morgan fingerprint density at radius 1 is 0.927 bits per heavy atom. The third-order valence-corrected chi connectivity index (χ3v) is 10.1. The van der Waals surface area contributed by atoms with Crippen LogP contribution in [0.4, 0.5) is 0 Å². The van der Waals surface area contributed by atoms with Gasteiger partial charge in [-0.15, -0.1) is 0 Å². The molecule has 3 N–H and O–H groups in total. The van der Waals surface area contributed by atoms with Gasteiger partial charge in [-0.1, -0.05) is 64.7 Å². The summed E-state index contributed by atoms with van der Waals surface area (Å²) in [4.78, 5) is 94.6. The van der Waals surface area contributed by atoms with Crippen molar-refractivity contribution in [3.05, 3.63) is 30.3 Å². The highest BCUT2D eigenvalue weighted by molar-refractivity contribution is 6.38. The van der Waals surface area contributed by atoms with E-state index < -0.39 is 71.4 Å². The first kappa shape index (κ1) is 45.3. The van der Waals surface area contributed by atoms with Crippen LogP contribution in [0.5, 0.6) is 5.75 Å². The van der Waals surface area contributed by atoms with Crippen molar-refractivity contribution in [2.75, 3.05) is 19.8 Å². The third-order valence-electron chi connectivity index (χ3n) is 10.1. The lowest BCUT2D eigenvalue weighted by atomic mass is 9.77. The summed E-state index contributed by atoms with van der Waals surface area (Å²) in [6.45, 7) is 11.3. The van der Waals surface area contributed by atoms with Gasteiger partial charge >= 0.3 is 5.97 Å². The molecule has 55 heavy (non-hydrogen) atoms. The van der Waals surface area contributed by atoms with Gasteiger partial charge in [0.15, 0.2) is 11.6 Å². The molecule has 0 spiro atoms. The number of nitrogens with two attached hydrogens (primary N) is 1. The number of rotatable bonds is 22. The van der Waals surface area contributed by atoms with Crippen LogP contribution < -0.4 is 15.8 Å². The van der Waals surface area contributed by atoms with Gasteiger partial charge in [-0.25, -0.2) is 0 Å². The second-order valence-corrected chi connectivity index (χ2v) is 16.5. The first-order valence-electron chi connectivity index (χ1n) is 20.0. The van der Waals surface area contributed by atoms with Crippen LogP contribution in [0.1, 0.15) is 119 Å². The van der Waals surface area contributed by atoms with Crippen LogP contribution in [0.3, 0.4) is 0 Å². The Morgan fingerprint density at radius 3 is 2.20 bits per heavy atom. The van der Waals surface area contributed by atoms with E-state index in [0.29, 0.717) is 12.2 Å². The Morgan fingerprint density at radius 2 is 1.60 bits per heavy atom. The Bertz CT molecular complexity index is 1470. The zero-order valence-corrected chi connectivity index (χ0v) is 33.6. The Balaban J connectivity index is 1.77. The molecule has 1 saturated carbocycles. The smallest absolute Gasteiger partial charge is 0.306 e. The molecule has 3 unspecified atom stereocenters. The van der Waals surface area contributed by atoms with Gasteiger partial charge in [0, 0.05) is 31.6 Å². The topological polar surface area (TPSA) is 188 Å².